The highest BCUT2D eigenvalue weighted by molar-refractivity contribution is 6.25. The molecule has 0 bridgehead atoms. The second kappa shape index (κ2) is 3.73. The Kier molecular flexibility index (Phi) is 3.27. The molecule has 0 heterocycles. The van der Waals surface area contributed by atoms with Crippen molar-refractivity contribution in [3.63, 3.8) is 0 Å². The van der Waals surface area contributed by atoms with Gasteiger partial charge in [0.2, 0.25) is 0 Å². The lowest BCUT2D eigenvalue weighted by atomic mass is 10.2. The van der Waals surface area contributed by atoms with Crippen LogP contribution in [0, 0.1) is 0 Å². The van der Waals surface area contributed by atoms with Gasteiger partial charge in [-0.25, -0.2) is 0 Å². The molecule has 0 spiro atoms. The van der Waals surface area contributed by atoms with Gasteiger partial charge in [-0.1, -0.05) is 0 Å². The van der Waals surface area contributed by atoms with E-state index in [1.54, 1.807) is 0 Å². The van der Waals surface area contributed by atoms with Crippen LogP contribution in [0.4, 0.5) is 0 Å². The molecule has 0 aliphatic carbocycles. The summed E-state index contributed by atoms with van der Waals surface area (Å²) in [5.41, 5.74) is 4.91. The molecule has 0 fully saturated rings. The molecule has 0 aromatic rings. The van der Waals surface area contributed by atoms with Crippen LogP contribution in [-0.2, 0) is 14.4 Å². The van der Waals surface area contributed by atoms with Gasteiger partial charge in [-0.3, -0.25) is 14.4 Å². The molecule has 1 atom stereocenters. The Morgan fingerprint density at radius 2 is 2.10 bits per heavy atom. The molecule has 1 unspecified atom stereocenters. The Bertz CT molecular complexity index is 165. The predicted molar refractivity (Wildman–Crippen MR) is 31.3 cm³/mol. The second-order valence-electron chi connectivity index (χ2n) is 1.73. The summed E-state index contributed by atoms with van der Waals surface area (Å²) in [7, 11) is 0. The molecule has 0 aromatic carbocycles. The van der Waals surface area contributed by atoms with E-state index in [4.69, 9.17) is 10.8 Å². The Morgan fingerprint density at radius 3 is 2.40 bits per heavy atom. The first-order valence-electron chi connectivity index (χ1n) is 2.54. The van der Waals surface area contributed by atoms with Crippen molar-refractivity contribution in [3.8, 4) is 0 Å². The van der Waals surface area contributed by atoms with E-state index in [1.165, 1.54) is 0 Å². The van der Waals surface area contributed by atoms with Crippen molar-refractivity contribution >= 4 is 18.0 Å². The Labute approximate surface area is 56.8 Å². The molecule has 0 aliphatic heterocycles. The van der Waals surface area contributed by atoms with Gasteiger partial charge in [-0.15, -0.1) is 0 Å². The molecule has 0 aliphatic rings. The monoisotopic (exact) mass is 145 g/mol. The summed E-state index contributed by atoms with van der Waals surface area (Å²) in [6.45, 7) is 0. The number of carbonyl (C=O) groups is 3. The van der Waals surface area contributed by atoms with Gasteiger partial charge in [0.25, 0.3) is 0 Å². The average Bonchev–Trinajstić information content (AvgIpc) is 1.87. The van der Waals surface area contributed by atoms with Gasteiger partial charge < -0.3 is 10.8 Å². The lowest BCUT2D eigenvalue weighted by molar-refractivity contribution is -0.140. The van der Waals surface area contributed by atoms with E-state index < -0.39 is 24.2 Å². The number of rotatable bonds is 4. The minimum absolute atomic E-state index is 0.0583. The van der Waals surface area contributed by atoms with Crippen molar-refractivity contribution in [2.24, 2.45) is 5.73 Å². The SMILES string of the molecule is NC(CC(=O)C=O)C(=O)O. The first-order valence-corrected chi connectivity index (χ1v) is 2.54. The fraction of sp³-hybridized carbons (Fsp3) is 0.400. The van der Waals surface area contributed by atoms with E-state index in [2.05, 4.69) is 0 Å². The van der Waals surface area contributed by atoms with Gasteiger partial charge in [0.15, 0.2) is 12.1 Å². The van der Waals surface area contributed by atoms with Crippen LogP contribution >= 0.6 is 0 Å². The summed E-state index contributed by atoms with van der Waals surface area (Å²) in [5.74, 6) is -2.08. The number of carbonyl (C=O) groups excluding carboxylic acids is 2. The lowest BCUT2D eigenvalue weighted by Gasteiger charge is -1.99. The molecule has 0 saturated heterocycles. The molecule has 0 aromatic heterocycles. The van der Waals surface area contributed by atoms with Crippen LogP contribution in [0.25, 0.3) is 0 Å². The van der Waals surface area contributed by atoms with Gasteiger partial charge in [-0.2, -0.15) is 0 Å². The summed E-state index contributed by atoms with van der Waals surface area (Å²) in [6.07, 6.45) is -0.373. The molecule has 0 radical (unpaired) electrons. The van der Waals surface area contributed by atoms with Gasteiger partial charge in [-0.05, 0) is 0 Å². The Balaban J connectivity index is 3.79. The highest BCUT2D eigenvalue weighted by Crippen LogP contribution is 1.87. The predicted octanol–water partition coefficient (Wildman–Crippen LogP) is -1.44. The largest absolute Gasteiger partial charge is 0.480 e. The lowest BCUT2D eigenvalue weighted by Crippen LogP contribution is -2.32. The third-order valence-corrected chi connectivity index (χ3v) is 0.870. The van der Waals surface area contributed by atoms with E-state index in [0.717, 1.165) is 0 Å². The molecular formula is C5H7NO4. The third-order valence-electron chi connectivity index (χ3n) is 0.870. The number of carboxylic acid groups (broad SMARTS) is 1. The second-order valence-corrected chi connectivity index (χ2v) is 1.73. The number of carboxylic acids is 1. The number of nitrogens with two attached hydrogens (primary N) is 1. The van der Waals surface area contributed by atoms with Crippen LogP contribution in [0.5, 0.6) is 0 Å². The molecular weight excluding hydrogens is 138 g/mol. The Morgan fingerprint density at radius 1 is 1.60 bits per heavy atom. The molecule has 5 heteroatoms. The van der Waals surface area contributed by atoms with Gasteiger partial charge in [0.1, 0.15) is 6.04 Å². The topological polar surface area (TPSA) is 97.5 Å². The first-order chi connectivity index (χ1) is 4.57. The van der Waals surface area contributed by atoms with E-state index in [0.29, 0.717) is 0 Å². The van der Waals surface area contributed by atoms with Crippen LogP contribution in [0.3, 0.4) is 0 Å². The average molecular weight is 145 g/mol. The summed E-state index contributed by atoms with van der Waals surface area (Å²) in [5, 5.41) is 8.13. The minimum atomic E-state index is -1.28. The zero-order valence-corrected chi connectivity index (χ0v) is 5.11. The van der Waals surface area contributed by atoms with Crippen LogP contribution in [0.1, 0.15) is 6.42 Å². The minimum Gasteiger partial charge on any atom is -0.480 e. The summed E-state index contributed by atoms with van der Waals surface area (Å²) < 4.78 is 0. The zero-order chi connectivity index (χ0) is 8.15. The summed E-state index contributed by atoms with van der Waals surface area (Å²) >= 11 is 0. The number of Topliss-reactive ketones (excluding diaryl/α,β-unsaturated/α-hetero) is 1. The van der Waals surface area contributed by atoms with Crippen LogP contribution in [0.2, 0.25) is 0 Å². The molecule has 5 nitrogen and oxygen atoms in total. The number of aldehydes is 1. The highest BCUT2D eigenvalue weighted by atomic mass is 16.4. The molecule has 56 valence electrons. The van der Waals surface area contributed by atoms with Crippen molar-refractivity contribution in [2.45, 2.75) is 12.5 Å². The van der Waals surface area contributed by atoms with Crippen molar-refractivity contribution in [1.29, 1.82) is 0 Å². The van der Waals surface area contributed by atoms with E-state index in [9.17, 15) is 14.4 Å². The summed E-state index contributed by atoms with van der Waals surface area (Å²) in [6, 6.07) is -1.27. The van der Waals surface area contributed by atoms with Gasteiger partial charge in [0, 0.05) is 6.42 Å². The van der Waals surface area contributed by atoms with Gasteiger partial charge in [0.05, 0.1) is 0 Å². The van der Waals surface area contributed by atoms with Crippen molar-refractivity contribution < 1.29 is 19.5 Å². The maximum absolute atomic E-state index is 10.2. The smallest absolute Gasteiger partial charge is 0.320 e. The number of hydrogen-bond donors (Lipinski definition) is 2. The van der Waals surface area contributed by atoms with E-state index in [-0.39, 0.29) is 6.29 Å². The number of aliphatic carboxylic acids is 1. The Hall–Kier alpha value is -1.23. The van der Waals surface area contributed by atoms with Crippen LogP contribution in [-0.4, -0.2) is 29.2 Å². The molecule has 0 amide bonds. The molecule has 0 saturated carbocycles. The number of ketones is 1. The zero-order valence-electron chi connectivity index (χ0n) is 5.11. The number of hydrogen-bond acceptors (Lipinski definition) is 4. The fourth-order valence-corrected chi connectivity index (χ4v) is 0.352. The standard InChI is InChI=1S/C5H7NO4/c6-4(5(9)10)1-3(8)2-7/h2,4H,1,6H2,(H,9,10). The maximum Gasteiger partial charge on any atom is 0.320 e. The normalized spacial score (nSPS) is 12.1. The van der Waals surface area contributed by atoms with Crippen LogP contribution in [0.15, 0.2) is 0 Å². The van der Waals surface area contributed by atoms with Gasteiger partial charge >= 0.3 is 5.97 Å². The molecule has 10 heavy (non-hydrogen) atoms. The van der Waals surface area contributed by atoms with Crippen molar-refractivity contribution in [3.05, 3.63) is 0 Å². The first kappa shape index (κ1) is 8.77. The van der Waals surface area contributed by atoms with Crippen molar-refractivity contribution in [1.82, 2.24) is 0 Å². The third kappa shape index (κ3) is 2.93. The maximum atomic E-state index is 10.2. The summed E-state index contributed by atoms with van der Waals surface area (Å²) in [4.78, 5) is 29.8. The molecule has 0 rings (SSSR count). The highest BCUT2D eigenvalue weighted by Gasteiger charge is 2.14. The van der Waals surface area contributed by atoms with E-state index >= 15 is 0 Å². The van der Waals surface area contributed by atoms with Crippen LogP contribution < -0.4 is 5.73 Å². The van der Waals surface area contributed by atoms with Crippen molar-refractivity contribution in [2.75, 3.05) is 0 Å². The van der Waals surface area contributed by atoms with E-state index in [1.807, 2.05) is 0 Å². The fourth-order valence-electron chi connectivity index (χ4n) is 0.352. The quantitative estimate of drug-likeness (QED) is 0.373. The molecule has 3 N–H and O–H groups in total.